The Morgan fingerprint density at radius 1 is 1.08 bits per heavy atom. The summed E-state index contributed by atoms with van der Waals surface area (Å²) in [5, 5.41) is 3.08. The van der Waals surface area contributed by atoms with Crippen LogP contribution in [0.1, 0.15) is 41.4 Å². The molecule has 4 nitrogen and oxygen atoms in total. The summed E-state index contributed by atoms with van der Waals surface area (Å²) in [6.45, 7) is 7.47. The summed E-state index contributed by atoms with van der Waals surface area (Å²) in [5.74, 6) is -0.0411. The van der Waals surface area contributed by atoms with Crippen molar-refractivity contribution in [2.45, 2.75) is 26.3 Å². The van der Waals surface area contributed by atoms with Crippen LogP contribution in [0.3, 0.4) is 0 Å². The molecule has 1 N–H and O–H groups in total. The molecule has 0 aromatic heterocycles. The van der Waals surface area contributed by atoms with Crippen LogP contribution in [0.25, 0.3) is 0 Å². The minimum atomic E-state index is -0.0411. The Morgan fingerprint density at radius 2 is 1.72 bits per heavy atom. The van der Waals surface area contributed by atoms with Gasteiger partial charge in [-0.05, 0) is 48.7 Å². The van der Waals surface area contributed by atoms with Crippen molar-refractivity contribution in [1.82, 2.24) is 5.32 Å². The molecule has 0 radical (unpaired) electrons. The van der Waals surface area contributed by atoms with E-state index < -0.39 is 0 Å². The van der Waals surface area contributed by atoms with E-state index in [9.17, 15) is 4.79 Å². The molecule has 1 amide bonds. The number of hydrogen-bond acceptors (Lipinski definition) is 3. The summed E-state index contributed by atoms with van der Waals surface area (Å²) in [6, 6.07) is 16.2. The van der Waals surface area contributed by atoms with E-state index >= 15 is 0 Å². The third-order valence-electron chi connectivity index (χ3n) is 4.74. The molecule has 25 heavy (non-hydrogen) atoms. The number of hydrogen-bond donors (Lipinski definition) is 1. The van der Waals surface area contributed by atoms with E-state index in [-0.39, 0.29) is 11.9 Å². The first-order valence-electron chi connectivity index (χ1n) is 9.00. The first kappa shape index (κ1) is 17.5. The van der Waals surface area contributed by atoms with Gasteiger partial charge in [0.05, 0.1) is 19.3 Å². The van der Waals surface area contributed by atoms with E-state index in [0.29, 0.717) is 5.56 Å². The van der Waals surface area contributed by atoms with Gasteiger partial charge in [-0.1, -0.05) is 31.2 Å². The second kappa shape index (κ2) is 8.17. The SMILES string of the molecule is CCc1ccc(C(C)NC(=O)c2ccc(N3CCOCC3)cc2)cc1. The Kier molecular flexibility index (Phi) is 5.71. The largest absolute Gasteiger partial charge is 0.378 e. The van der Waals surface area contributed by atoms with Crippen LogP contribution in [-0.4, -0.2) is 32.2 Å². The van der Waals surface area contributed by atoms with Crippen molar-refractivity contribution in [3.63, 3.8) is 0 Å². The molecular weight excluding hydrogens is 312 g/mol. The molecule has 1 saturated heterocycles. The molecule has 132 valence electrons. The number of morpholine rings is 1. The number of carbonyl (C=O) groups excluding carboxylic acids is 1. The quantitative estimate of drug-likeness (QED) is 0.906. The van der Waals surface area contributed by atoms with Crippen LogP contribution in [0.4, 0.5) is 5.69 Å². The average Bonchev–Trinajstić information content (AvgIpc) is 2.68. The first-order valence-corrected chi connectivity index (χ1v) is 9.00. The maximum absolute atomic E-state index is 12.5. The molecule has 0 bridgehead atoms. The fourth-order valence-electron chi connectivity index (χ4n) is 3.05. The maximum atomic E-state index is 12.5. The third-order valence-corrected chi connectivity index (χ3v) is 4.74. The summed E-state index contributed by atoms with van der Waals surface area (Å²) < 4.78 is 5.38. The van der Waals surface area contributed by atoms with E-state index in [2.05, 4.69) is 41.4 Å². The van der Waals surface area contributed by atoms with Crippen LogP contribution in [0.2, 0.25) is 0 Å². The highest BCUT2D eigenvalue weighted by molar-refractivity contribution is 5.94. The van der Waals surface area contributed by atoms with Gasteiger partial charge in [0.15, 0.2) is 0 Å². The molecule has 2 aromatic carbocycles. The highest BCUT2D eigenvalue weighted by atomic mass is 16.5. The molecule has 1 aliphatic heterocycles. The molecule has 2 aromatic rings. The van der Waals surface area contributed by atoms with Crippen molar-refractivity contribution in [2.24, 2.45) is 0 Å². The van der Waals surface area contributed by atoms with Crippen LogP contribution in [0, 0.1) is 0 Å². The van der Waals surface area contributed by atoms with Gasteiger partial charge in [0, 0.05) is 24.3 Å². The number of nitrogens with zero attached hydrogens (tertiary/aromatic N) is 1. The molecule has 0 aliphatic carbocycles. The number of nitrogens with one attached hydrogen (secondary N) is 1. The van der Waals surface area contributed by atoms with E-state index in [1.807, 2.05) is 31.2 Å². The third kappa shape index (κ3) is 4.40. The Balaban J connectivity index is 1.61. The second-order valence-corrected chi connectivity index (χ2v) is 6.44. The zero-order chi connectivity index (χ0) is 17.6. The Morgan fingerprint density at radius 3 is 2.32 bits per heavy atom. The molecule has 4 heteroatoms. The molecule has 1 aliphatic rings. The second-order valence-electron chi connectivity index (χ2n) is 6.44. The molecule has 0 saturated carbocycles. The average molecular weight is 338 g/mol. The molecular formula is C21H26N2O2. The van der Waals surface area contributed by atoms with Crippen LogP contribution in [0.15, 0.2) is 48.5 Å². The number of anilines is 1. The fourth-order valence-corrected chi connectivity index (χ4v) is 3.05. The molecule has 1 fully saturated rings. The minimum absolute atomic E-state index is 0.0164. The van der Waals surface area contributed by atoms with Crippen LogP contribution in [0.5, 0.6) is 0 Å². The van der Waals surface area contributed by atoms with Crippen molar-refractivity contribution in [3.8, 4) is 0 Å². The molecule has 0 spiro atoms. The van der Waals surface area contributed by atoms with Crippen molar-refractivity contribution in [2.75, 3.05) is 31.2 Å². The summed E-state index contributed by atoms with van der Waals surface area (Å²) in [4.78, 5) is 14.8. The number of rotatable bonds is 5. The van der Waals surface area contributed by atoms with Crippen LogP contribution in [-0.2, 0) is 11.2 Å². The van der Waals surface area contributed by atoms with Gasteiger partial charge in [-0.3, -0.25) is 4.79 Å². The van der Waals surface area contributed by atoms with E-state index in [1.54, 1.807) is 0 Å². The topological polar surface area (TPSA) is 41.6 Å². The van der Waals surface area contributed by atoms with Gasteiger partial charge in [0.1, 0.15) is 0 Å². The standard InChI is InChI=1S/C21H26N2O2/c1-3-17-4-6-18(7-5-17)16(2)22-21(24)19-8-10-20(11-9-19)23-12-14-25-15-13-23/h4-11,16H,3,12-15H2,1-2H3,(H,22,24). The highest BCUT2D eigenvalue weighted by Gasteiger charge is 2.14. The maximum Gasteiger partial charge on any atom is 0.251 e. The molecule has 1 heterocycles. The molecule has 3 rings (SSSR count). The Bertz CT molecular complexity index is 689. The van der Waals surface area contributed by atoms with Crippen LogP contribution < -0.4 is 10.2 Å². The minimum Gasteiger partial charge on any atom is -0.378 e. The fraction of sp³-hybridized carbons (Fsp3) is 0.381. The lowest BCUT2D eigenvalue weighted by Crippen LogP contribution is -2.36. The summed E-state index contributed by atoms with van der Waals surface area (Å²) in [5.41, 5.74) is 4.26. The normalized spacial score (nSPS) is 15.7. The Hall–Kier alpha value is -2.33. The Labute approximate surface area is 149 Å². The number of carbonyl (C=O) groups is 1. The van der Waals surface area contributed by atoms with Crippen molar-refractivity contribution in [3.05, 3.63) is 65.2 Å². The lowest BCUT2D eigenvalue weighted by atomic mass is 10.0. The van der Waals surface area contributed by atoms with Gasteiger partial charge < -0.3 is 15.0 Å². The van der Waals surface area contributed by atoms with Crippen molar-refractivity contribution < 1.29 is 9.53 Å². The predicted octanol–water partition coefficient (Wildman–Crippen LogP) is 3.58. The lowest BCUT2D eigenvalue weighted by molar-refractivity contribution is 0.0940. The zero-order valence-electron chi connectivity index (χ0n) is 15.0. The highest BCUT2D eigenvalue weighted by Crippen LogP contribution is 2.18. The van der Waals surface area contributed by atoms with Gasteiger partial charge in [-0.2, -0.15) is 0 Å². The van der Waals surface area contributed by atoms with Gasteiger partial charge in [0.25, 0.3) is 5.91 Å². The van der Waals surface area contributed by atoms with Gasteiger partial charge in [-0.15, -0.1) is 0 Å². The van der Waals surface area contributed by atoms with Gasteiger partial charge in [0.2, 0.25) is 0 Å². The van der Waals surface area contributed by atoms with Gasteiger partial charge >= 0.3 is 0 Å². The van der Waals surface area contributed by atoms with E-state index in [1.165, 1.54) is 5.56 Å². The monoisotopic (exact) mass is 338 g/mol. The summed E-state index contributed by atoms with van der Waals surface area (Å²) >= 11 is 0. The van der Waals surface area contributed by atoms with Gasteiger partial charge in [-0.25, -0.2) is 0 Å². The molecule has 1 unspecified atom stereocenters. The van der Waals surface area contributed by atoms with E-state index in [0.717, 1.165) is 44.0 Å². The predicted molar refractivity (Wildman–Crippen MR) is 101 cm³/mol. The summed E-state index contributed by atoms with van der Waals surface area (Å²) in [7, 11) is 0. The zero-order valence-corrected chi connectivity index (χ0v) is 15.0. The van der Waals surface area contributed by atoms with Crippen molar-refractivity contribution >= 4 is 11.6 Å². The first-order chi connectivity index (χ1) is 12.2. The van der Waals surface area contributed by atoms with Crippen LogP contribution >= 0.6 is 0 Å². The van der Waals surface area contributed by atoms with Crippen molar-refractivity contribution in [1.29, 1.82) is 0 Å². The molecule has 1 atom stereocenters. The number of amides is 1. The smallest absolute Gasteiger partial charge is 0.251 e. The number of ether oxygens (including phenoxy) is 1. The van der Waals surface area contributed by atoms with E-state index in [4.69, 9.17) is 4.74 Å². The lowest BCUT2D eigenvalue weighted by Gasteiger charge is -2.28. The number of benzene rings is 2. The number of aryl methyl sites for hydroxylation is 1. The summed E-state index contributed by atoms with van der Waals surface area (Å²) in [6.07, 6.45) is 1.02.